The Morgan fingerprint density at radius 1 is 0.913 bits per heavy atom. The van der Waals surface area contributed by atoms with Crippen molar-refractivity contribution in [2.75, 3.05) is 13.7 Å². The summed E-state index contributed by atoms with van der Waals surface area (Å²) in [6.07, 6.45) is 1.89. The zero-order chi connectivity index (χ0) is 16.1. The highest BCUT2D eigenvalue weighted by Gasteiger charge is 2.04. The third-order valence-electron chi connectivity index (χ3n) is 3.64. The van der Waals surface area contributed by atoms with E-state index in [1.807, 2.05) is 61.7 Å². The molecule has 0 N–H and O–H groups in total. The highest BCUT2D eigenvalue weighted by atomic mass is 16.5. The summed E-state index contributed by atoms with van der Waals surface area (Å²) < 4.78 is 10.9. The molecule has 0 fully saturated rings. The molecule has 0 aliphatic rings. The number of benzene rings is 3. The first-order valence-corrected chi connectivity index (χ1v) is 7.64. The molecule has 3 heteroatoms. The van der Waals surface area contributed by atoms with Crippen molar-refractivity contribution in [1.29, 1.82) is 0 Å². The largest absolute Gasteiger partial charge is 0.496 e. The van der Waals surface area contributed by atoms with Crippen LogP contribution < -0.4 is 9.47 Å². The summed E-state index contributed by atoms with van der Waals surface area (Å²) in [6, 6.07) is 19.9. The van der Waals surface area contributed by atoms with Gasteiger partial charge in [0, 0.05) is 17.2 Å². The summed E-state index contributed by atoms with van der Waals surface area (Å²) in [4.78, 5) is 4.56. The normalized spacial score (nSPS) is 11.0. The van der Waals surface area contributed by atoms with E-state index in [9.17, 15) is 0 Å². The van der Waals surface area contributed by atoms with Crippen molar-refractivity contribution in [3.8, 4) is 11.5 Å². The molecule has 3 nitrogen and oxygen atoms in total. The van der Waals surface area contributed by atoms with Gasteiger partial charge in [-0.1, -0.05) is 24.3 Å². The molecule has 0 bridgehead atoms. The number of aliphatic imine (C=N–C) groups is 1. The van der Waals surface area contributed by atoms with Gasteiger partial charge in [0.1, 0.15) is 11.5 Å². The predicted molar refractivity (Wildman–Crippen MR) is 95.4 cm³/mol. The second-order valence-corrected chi connectivity index (χ2v) is 5.09. The van der Waals surface area contributed by atoms with Crippen molar-refractivity contribution in [1.82, 2.24) is 0 Å². The summed E-state index contributed by atoms with van der Waals surface area (Å²) >= 11 is 0. The fourth-order valence-electron chi connectivity index (χ4n) is 2.52. The topological polar surface area (TPSA) is 30.8 Å². The maximum absolute atomic E-state index is 5.44. The number of rotatable bonds is 5. The molecular weight excluding hydrogens is 286 g/mol. The molecule has 0 aliphatic heterocycles. The highest BCUT2D eigenvalue weighted by Crippen LogP contribution is 2.28. The molecule has 0 spiro atoms. The third-order valence-corrected chi connectivity index (χ3v) is 3.64. The van der Waals surface area contributed by atoms with Crippen molar-refractivity contribution in [2.45, 2.75) is 6.92 Å². The molecule has 0 aliphatic carbocycles. The maximum atomic E-state index is 5.44. The van der Waals surface area contributed by atoms with Gasteiger partial charge in [-0.05, 0) is 48.7 Å². The van der Waals surface area contributed by atoms with Crippen LogP contribution in [0.5, 0.6) is 11.5 Å². The van der Waals surface area contributed by atoms with Gasteiger partial charge >= 0.3 is 0 Å². The van der Waals surface area contributed by atoms with Crippen LogP contribution in [0.4, 0.5) is 5.69 Å². The SMILES string of the molecule is CCOc1ccc(N=Cc2ccc(OC)c3ccccc23)cc1. The third kappa shape index (κ3) is 3.34. The first-order valence-electron chi connectivity index (χ1n) is 7.64. The second-order valence-electron chi connectivity index (χ2n) is 5.09. The minimum atomic E-state index is 0.667. The number of fused-ring (bicyclic) bond motifs is 1. The van der Waals surface area contributed by atoms with E-state index in [-0.39, 0.29) is 0 Å². The van der Waals surface area contributed by atoms with Crippen LogP contribution in [0, 0.1) is 0 Å². The molecule has 0 unspecified atom stereocenters. The lowest BCUT2D eigenvalue weighted by molar-refractivity contribution is 0.340. The zero-order valence-corrected chi connectivity index (χ0v) is 13.3. The van der Waals surface area contributed by atoms with E-state index in [1.54, 1.807) is 7.11 Å². The van der Waals surface area contributed by atoms with Crippen molar-refractivity contribution in [2.24, 2.45) is 4.99 Å². The van der Waals surface area contributed by atoms with Gasteiger partial charge in [-0.3, -0.25) is 4.99 Å². The number of ether oxygens (including phenoxy) is 2. The van der Waals surface area contributed by atoms with E-state index in [4.69, 9.17) is 9.47 Å². The smallest absolute Gasteiger partial charge is 0.126 e. The van der Waals surface area contributed by atoms with E-state index in [2.05, 4.69) is 17.1 Å². The van der Waals surface area contributed by atoms with E-state index in [0.717, 1.165) is 33.5 Å². The Morgan fingerprint density at radius 3 is 2.35 bits per heavy atom. The van der Waals surface area contributed by atoms with Crippen LogP contribution >= 0.6 is 0 Å². The van der Waals surface area contributed by atoms with Gasteiger partial charge in [-0.2, -0.15) is 0 Å². The van der Waals surface area contributed by atoms with Crippen LogP contribution in [0.2, 0.25) is 0 Å². The lowest BCUT2D eigenvalue weighted by Gasteiger charge is -2.07. The molecule has 23 heavy (non-hydrogen) atoms. The lowest BCUT2D eigenvalue weighted by atomic mass is 10.0. The van der Waals surface area contributed by atoms with Gasteiger partial charge in [0.15, 0.2) is 0 Å². The minimum Gasteiger partial charge on any atom is -0.496 e. The maximum Gasteiger partial charge on any atom is 0.126 e. The Morgan fingerprint density at radius 2 is 1.65 bits per heavy atom. The molecule has 3 rings (SSSR count). The Hall–Kier alpha value is -2.81. The summed E-state index contributed by atoms with van der Waals surface area (Å²) in [5, 5.41) is 2.21. The van der Waals surface area contributed by atoms with Crippen molar-refractivity contribution < 1.29 is 9.47 Å². The highest BCUT2D eigenvalue weighted by molar-refractivity contribution is 6.02. The lowest BCUT2D eigenvalue weighted by Crippen LogP contribution is -1.90. The van der Waals surface area contributed by atoms with Crippen molar-refractivity contribution >= 4 is 22.7 Å². The van der Waals surface area contributed by atoms with Gasteiger partial charge in [-0.15, -0.1) is 0 Å². The van der Waals surface area contributed by atoms with Crippen LogP contribution in [-0.2, 0) is 0 Å². The molecule has 3 aromatic carbocycles. The molecule has 0 atom stereocenters. The van der Waals surface area contributed by atoms with Crippen LogP contribution in [0.3, 0.4) is 0 Å². The van der Waals surface area contributed by atoms with Gasteiger partial charge < -0.3 is 9.47 Å². The number of nitrogens with zero attached hydrogens (tertiary/aromatic N) is 1. The fourth-order valence-corrected chi connectivity index (χ4v) is 2.52. The quantitative estimate of drug-likeness (QED) is 0.621. The Labute approximate surface area is 136 Å². The molecule has 116 valence electrons. The average Bonchev–Trinajstić information content (AvgIpc) is 2.61. The van der Waals surface area contributed by atoms with Crippen LogP contribution in [0.1, 0.15) is 12.5 Å². The molecule has 0 saturated carbocycles. The van der Waals surface area contributed by atoms with Gasteiger partial charge in [0.25, 0.3) is 0 Å². The monoisotopic (exact) mass is 305 g/mol. The minimum absolute atomic E-state index is 0.667. The zero-order valence-electron chi connectivity index (χ0n) is 13.3. The van der Waals surface area contributed by atoms with E-state index in [1.165, 1.54) is 0 Å². The molecular formula is C20H19NO2. The van der Waals surface area contributed by atoms with Crippen LogP contribution in [0.15, 0.2) is 65.7 Å². The van der Waals surface area contributed by atoms with E-state index in [0.29, 0.717) is 6.61 Å². The van der Waals surface area contributed by atoms with E-state index >= 15 is 0 Å². The van der Waals surface area contributed by atoms with Crippen molar-refractivity contribution in [3.05, 3.63) is 66.2 Å². The summed E-state index contributed by atoms with van der Waals surface area (Å²) in [6.45, 7) is 2.64. The average molecular weight is 305 g/mol. The van der Waals surface area contributed by atoms with Gasteiger partial charge in [0.2, 0.25) is 0 Å². The summed E-state index contributed by atoms with van der Waals surface area (Å²) in [5.74, 6) is 1.74. The second kappa shape index (κ2) is 6.97. The van der Waals surface area contributed by atoms with Crippen LogP contribution in [-0.4, -0.2) is 19.9 Å². The summed E-state index contributed by atoms with van der Waals surface area (Å²) in [7, 11) is 1.69. The molecule has 0 amide bonds. The van der Waals surface area contributed by atoms with Crippen LogP contribution in [0.25, 0.3) is 10.8 Å². The fraction of sp³-hybridized carbons (Fsp3) is 0.150. The van der Waals surface area contributed by atoms with Gasteiger partial charge in [-0.25, -0.2) is 0 Å². The first-order chi connectivity index (χ1) is 11.3. The number of methoxy groups -OCH3 is 1. The molecule has 0 saturated heterocycles. The predicted octanol–water partition coefficient (Wildman–Crippen LogP) is 5.00. The Kier molecular flexibility index (Phi) is 4.57. The number of hydrogen-bond donors (Lipinski definition) is 0. The molecule has 0 radical (unpaired) electrons. The number of hydrogen-bond acceptors (Lipinski definition) is 3. The first kappa shape index (κ1) is 15.1. The molecule has 0 aromatic heterocycles. The van der Waals surface area contributed by atoms with Crippen molar-refractivity contribution in [3.63, 3.8) is 0 Å². The standard InChI is InChI=1S/C20H19NO2/c1-3-23-17-11-9-16(10-12-17)21-14-15-8-13-20(22-2)19-7-5-4-6-18(15)19/h4-14H,3H2,1-2H3. The molecule has 0 heterocycles. The Bertz CT molecular complexity index is 823. The van der Waals surface area contributed by atoms with E-state index < -0.39 is 0 Å². The van der Waals surface area contributed by atoms with Gasteiger partial charge in [0.05, 0.1) is 19.4 Å². The molecule has 3 aromatic rings. The summed E-state index contributed by atoms with van der Waals surface area (Å²) in [5.41, 5.74) is 1.96. The Balaban J connectivity index is 1.92.